The van der Waals surface area contributed by atoms with Crippen LogP contribution in [0.4, 0.5) is 5.69 Å². The van der Waals surface area contributed by atoms with E-state index in [9.17, 15) is 0 Å². The largest absolute Gasteiger partial charge is 0.497 e. The molecular weight excluding hydrogens is 396 g/mol. The molecule has 3 aromatic rings. The molecule has 0 saturated carbocycles. The molecule has 5 heteroatoms. The van der Waals surface area contributed by atoms with Crippen LogP contribution in [0, 0.1) is 0 Å². The van der Waals surface area contributed by atoms with Crippen molar-refractivity contribution in [2.45, 2.75) is 38.9 Å². The number of aromatic nitrogens is 1. The van der Waals surface area contributed by atoms with Gasteiger partial charge in [0.15, 0.2) is 0 Å². The van der Waals surface area contributed by atoms with Crippen molar-refractivity contribution in [3.63, 3.8) is 0 Å². The summed E-state index contributed by atoms with van der Waals surface area (Å²) < 4.78 is 5.36. The van der Waals surface area contributed by atoms with Crippen molar-refractivity contribution < 1.29 is 4.74 Å². The molecule has 0 radical (unpaired) electrons. The van der Waals surface area contributed by atoms with Gasteiger partial charge in [-0.05, 0) is 67.4 Å². The maximum absolute atomic E-state index is 5.36. The lowest BCUT2D eigenvalue weighted by Crippen LogP contribution is -2.29. The van der Waals surface area contributed by atoms with Crippen molar-refractivity contribution in [1.82, 2.24) is 15.2 Å². The van der Waals surface area contributed by atoms with Gasteiger partial charge in [-0.1, -0.05) is 30.7 Å². The van der Waals surface area contributed by atoms with Gasteiger partial charge in [-0.2, -0.15) is 0 Å². The predicted octanol–water partition coefficient (Wildman–Crippen LogP) is 5.12. The molecule has 2 aliphatic rings. The molecular formula is C27H32N4O. The highest BCUT2D eigenvalue weighted by Crippen LogP contribution is 2.29. The Bertz CT molecular complexity index is 1060. The molecule has 2 N–H and O–H groups in total. The zero-order chi connectivity index (χ0) is 21.8. The molecule has 0 aliphatic carbocycles. The molecule has 5 nitrogen and oxygen atoms in total. The Balaban J connectivity index is 1.30. The van der Waals surface area contributed by atoms with Crippen LogP contribution in [0.5, 0.6) is 5.75 Å². The number of likely N-dealkylation sites (tertiary alicyclic amines) is 1. The first-order valence-electron chi connectivity index (χ1n) is 11.6. The lowest BCUT2D eigenvalue weighted by atomic mass is 10.1. The normalized spacial score (nSPS) is 16.4. The summed E-state index contributed by atoms with van der Waals surface area (Å²) in [6.45, 7) is 5.11. The summed E-state index contributed by atoms with van der Waals surface area (Å²) in [6.07, 6.45) is 8.31. The molecule has 1 saturated heterocycles. The van der Waals surface area contributed by atoms with Gasteiger partial charge in [0.25, 0.3) is 0 Å². The molecule has 166 valence electrons. The number of aromatic amines is 1. The van der Waals surface area contributed by atoms with Gasteiger partial charge in [0.1, 0.15) is 5.75 Å². The lowest BCUT2D eigenvalue weighted by molar-refractivity contribution is 0.221. The Morgan fingerprint density at radius 2 is 1.81 bits per heavy atom. The van der Waals surface area contributed by atoms with Gasteiger partial charge < -0.3 is 19.9 Å². The number of fused-ring (bicyclic) bond motifs is 1. The molecule has 0 atom stereocenters. The summed E-state index contributed by atoms with van der Waals surface area (Å²) in [7, 11) is 1.71. The molecule has 1 aromatic heterocycles. The topological polar surface area (TPSA) is 43.5 Å². The number of ether oxygens (including phenoxy) is 1. The van der Waals surface area contributed by atoms with E-state index in [-0.39, 0.29) is 0 Å². The van der Waals surface area contributed by atoms with E-state index in [1.807, 2.05) is 18.3 Å². The molecule has 2 aromatic carbocycles. The Morgan fingerprint density at radius 1 is 0.969 bits per heavy atom. The van der Waals surface area contributed by atoms with Crippen molar-refractivity contribution in [1.29, 1.82) is 0 Å². The third kappa shape index (κ3) is 4.68. The monoisotopic (exact) mass is 428 g/mol. The second-order valence-corrected chi connectivity index (χ2v) is 8.75. The van der Waals surface area contributed by atoms with Gasteiger partial charge in [-0.15, -0.1) is 0 Å². The van der Waals surface area contributed by atoms with Gasteiger partial charge >= 0.3 is 0 Å². The zero-order valence-corrected chi connectivity index (χ0v) is 18.8. The average molecular weight is 429 g/mol. The molecule has 5 rings (SSSR count). The summed E-state index contributed by atoms with van der Waals surface area (Å²) in [6, 6.07) is 19.4. The van der Waals surface area contributed by atoms with Crippen molar-refractivity contribution in [3.8, 4) is 5.75 Å². The molecule has 32 heavy (non-hydrogen) atoms. The Labute approximate surface area is 190 Å². The minimum Gasteiger partial charge on any atom is -0.497 e. The van der Waals surface area contributed by atoms with E-state index < -0.39 is 0 Å². The fraction of sp³-hybridized carbons (Fsp3) is 0.333. The molecule has 3 heterocycles. The molecule has 2 aliphatic heterocycles. The van der Waals surface area contributed by atoms with Crippen molar-refractivity contribution >= 4 is 11.4 Å². The number of piperidine rings is 1. The van der Waals surface area contributed by atoms with Crippen LogP contribution in [0.15, 0.2) is 67.0 Å². The van der Waals surface area contributed by atoms with E-state index in [1.165, 1.54) is 60.4 Å². The van der Waals surface area contributed by atoms with Gasteiger partial charge in [0.2, 0.25) is 0 Å². The van der Waals surface area contributed by atoms with Crippen molar-refractivity contribution in [2.75, 3.05) is 25.1 Å². The van der Waals surface area contributed by atoms with E-state index in [0.29, 0.717) is 0 Å². The van der Waals surface area contributed by atoms with Gasteiger partial charge in [0, 0.05) is 42.4 Å². The summed E-state index contributed by atoms with van der Waals surface area (Å²) in [5.41, 5.74) is 7.42. The number of H-pyrrole nitrogens is 1. The predicted molar refractivity (Wildman–Crippen MR) is 130 cm³/mol. The van der Waals surface area contributed by atoms with Crippen molar-refractivity contribution in [3.05, 3.63) is 89.4 Å². The first kappa shape index (κ1) is 20.7. The van der Waals surface area contributed by atoms with Crippen LogP contribution >= 0.6 is 0 Å². The van der Waals surface area contributed by atoms with Crippen LogP contribution in [-0.2, 0) is 19.6 Å². The first-order valence-corrected chi connectivity index (χ1v) is 11.6. The molecule has 0 amide bonds. The van der Waals surface area contributed by atoms with Crippen molar-refractivity contribution in [2.24, 2.45) is 0 Å². The number of methoxy groups -OCH3 is 1. The Kier molecular flexibility index (Phi) is 6.17. The highest BCUT2D eigenvalue weighted by Gasteiger charge is 2.19. The van der Waals surface area contributed by atoms with E-state index in [1.54, 1.807) is 7.11 Å². The Hall–Kier alpha value is -3.18. The summed E-state index contributed by atoms with van der Waals surface area (Å²) >= 11 is 0. The minimum absolute atomic E-state index is 0.746. The van der Waals surface area contributed by atoms with E-state index in [2.05, 4.69) is 68.8 Å². The minimum atomic E-state index is 0.746. The van der Waals surface area contributed by atoms with Crippen LogP contribution in [-0.4, -0.2) is 30.1 Å². The standard InChI is InChI=1S/C27H32N4O/c1-32-24-7-5-6-22(16-24)17-29-27-20-31(19-26-25(27)12-13-28-26)23-10-8-21(9-11-23)18-30-14-3-2-4-15-30/h5-13,16,20,28-29H,2-4,14-15,17-19H2,1H3. The third-order valence-electron chi connectivity index (χ3n) is 6.48. The van der Waals surface area contributed by atoms with E-state index in [0.717, 1.165) is 31.1 Å². The smallest absolute Gasteiger partial charge is 0.119 e. The number of nitrogens with zero attached hydrogens (tertiary/aromatic N) is 2. The maximum Gasteiger partial charge on any atom is 0.119 e. The summed E-state index contributed by atoms with van der Waals surface area (Å²) in [5.74, 6) is 0.885. The second kappa shape index (κ2) is 9.53. The molecule has 0 bridgehead atoms. The number of hydrogen-bond acceptors (Lipinski definition) is 4. The quantitative estimate of drug-likeness (QED) is 0.548. The molecule has 1 fully saturated rings. The highest BCUT2D eigenvalue weighted by atomic mass is 16.5. The van der Waals surface area contributed by atoms with E-state index >= 15 is 0 Å². The number of rotatable bonds is 7. The number of nitrogens with one attached hydrogen (secondary N) is 2. The van der Waals surface area contributed by atoms with E-state index in [4.69, 9.17) is 4.74 Å². The zero-order valence-electron chi connectivity index (χ0n) is 18.8. The lowest BCUT2D eigenvalue weighted by Gasteiger charge is -2.29. The number of hydrogen-bond donors (Lipinski definition) is 2. The third-order valence-corrected chi connectivity index (χ3v) is 6.48. The van der Waals surface area contributed by atoms with Crippen LogP contribution in [0.25, 0.3) is 5.70 Å². The van der Waals surface area contributed by atoms with Crippen LogP contribution < -0.4 is 15.0 Å². The second-order valence-electron chi connectivity index (χ2n) is 8.75. The fourth-order valence-corrected chi connectivity index (χ4v) is 4.68. The number of anilines is 1. The number of benzene rings is 2. The van der Waals surface area contributed by atoms with Gasteiger partial charge in [-0.3, -0.25) is 4.90 Å². The van der Waals surface area contributed by atoms with Crippen LogP contribution in [0.1, 0.15) is 41.6 Å². The fourth-order valence-electron chi connectivity index (χ4n) is 4.68. The van der Waals surface area contributed by atoms with Gasteiger partial charge in [0.05, 0.1) is 19.4 Å². The van der Waals surface area contributed by atoms with Crippen LogP contribution in [0.2, 0.25) is 0 Å². The maximum atomic E-state index is 5.36. The summed E-state index contributed by atoms with van der Waals surface area (Å²) in [4.78, 5) is 8.31. The van der Waals surface area contributed by atoms with Crippen LogP contribution in [0.3, 0.4) is 0 Å². The highest BCUT2D eigenvalue weighted by molar-refractivity contribution is 5.72. The molecule has 0 unspecified atom stereocenters. The Morgan fingerprint density at radius 3 is 2.62 bits per heavy atom. The average Bonchev–Trinajstić information content (AvgIpc) is 3.33. The SMILES string of the molecule is COc1cccc(CNC2=CN(c3ccc(CN4CCCCC4)cc3)Cc3[nH]ccc32)c1. The summed E-state index contributed by atoms with van der Waals surface area (Å²) in [5, 5.41) is 3.63. The first-order chi connectivity index (χ1) is 15.8. The molecule has 0 spiro atoms. The van der Waals surface area contributed by atoms with Gasteiger partial charge in [-0.25, -0.2) is 0 Å².